The molecule has 0 aromatic heterocycles. The monoisotopic (exact) mass is 1050 g/mol. The van der Waals surface area contributed by atoms with Gasteiger partial charge in [0.25, 0.3) is 0 Å². The summed E-state index contributed by atoms with van der Waals surface area (Å²) in [5, 5.41) is 0. The molecule has 6 heteroatoms. The molecule has 1 unspecified atom stereocenters. The molecule has 0 rings (SSSR count). The molecular weight excluding hydrogens is 937 g/mol. The topological polar surface area (TPSA) is 78.9 Å². The van der Waals surface area contributed by atoms with Gasteiger partial charge in [0, 0.05) is 19.3 Å². The molecule has 0 amide bonds. The minimum atomic E-state index is -0.812. The molecule has 0 saturated heterocycles. The summed E-state index contributed by atoms with van der Waals surface area (Å²) in [6.45, 7) is 6.35. The number of unbranched alkanes of at least 4 members (excludes halogenated alkanes) is 19. The lowest BCUT2D eigenvalue weighted by atomic mass is 10.1. The number of carbonyl (C=O) groups excluding carboxylic acids is 3. The summed E-state index contributed by atoms with van der Waals surface area (Å²) in [6.07, 6.45) is 89.9. The van der Waals surface area contributed by atoms with Crippen molar-refractivity contribution in [1.29, 1.82) is 0 Å². The number of rotatable bonds is 54. The highest BCUT2D eigenvalue weighted by Gasteiger charge is 2.19. The highest BCUT2D eigenvalue weighted by Crippen LogP contribution is 2.14. The first-order chi connectivity index (χ1) is 37.5. The van der Waals surface area contributed by atoms with E-state index in [2.05, 4.69) is 167 Å². The molecule has 0 aromatic carbocycles. The van der Waals surface area contributed by atoms with Gasteiger partial charge < -0.3 is 14.2 Å². The molecule has 0 saturated carbocycles. The van der Waals surface area contributed by atoms with Crippen LogP contribution in [0.25, 0.3) is 0 Å². The van der Waals surface area contributed by atoms with E-state index in [9.17, 15) is 14.4 Å². The van der Waals surface area contributed by atoms with E-state index < -0.39 is 6.10 Å². The van der Waals surface area contributed by atoms with Crippen LogP contribution in [0, 0.1) is 0 Å². The van der Waals surface area contributed by atoms with Crippen molar-refractivity contribution in [3.8, 4) is 0 Å². The quantitative estimate of drug-likeness (QED) is 0.0261. The van der Waals surface area contributed by atoms with E-state index in [-0.39, 0.29) is 31.1 Å². The summed E-state index contributed by atoms with van der Waals surface area (Å²) in [6, 6.07) is 0. The highest BCUT2D eigenvalue weighted by molar-refractivity contribution is 5.71. The first kappa shape index (κ1) is 71.3. The second-order valence-electron chi connectivity index (χ2n) is 19.8. The Labute approximate surface area is 467 Å². The standard InChI is InChI=1S/C70H112O6/c1-4-7-10-13-16-19-22-25-27-29-30-31-32-33-34-35-36-37-38-39-40-41-43-45-48-51-54-57-60-63-69(72)75-66-67(65-74-68(71)62-59-56-53-50-47-44-24-21-18-15-12-9-6-3)76-70(73)64-61-58-55-52-49-46-42-28-26-23-20-17-14-11-8-5-2/h7,9-10,12,16,18-19,21,25,27-28,30-31,33-34,36-37,39-40,42-45,47,67H,4-6,8,11,13-15,17,20,22-24,26,29,32,35,38,41,46,48-66H2,1-3H3/b10-7-,12-9-,19-16-,21-18-,27-25-,31-30-,34-33-,37-36-,40-39-,42-28-,45-43-,47-44-. The Bertz CT molecular complexity index is 1680. The molecule has 0 spiro atoms. The Balaban J connectivity index is 4.42. The zero-order valence-electron chi connectivity index (χ0n) is 49.0. The van der Waals surface area contributed by atoms with E-state index >= 15 is 0 Å². The van der Waals surface area contributed by atoms with Crippen LogP contribution in [0.4, 0.5) is 0 Å². The van der Waals surface area contributed by atoms with Gasteiger partial charge in [-0.05, 0) is 141 Å². The predicted molar refractivity (Wildman–Crippen MR) is 329 cm³/mol. The highest BCUT2D eigenvalue weighted by atomic mass is 16.6. The van der Waals surface area contributed by atoms with E-state index in [4.69, 9.17) is 14.2 Å². The zero-order chi connectivity index (χ0) is 55.0. The molecule has 428 valence electrons. The summed E-state index contributed by atoms with van der Waals surface area (Å²) >= 11 is 0. The van der Waals surface area contributed by atoms with Crippen molar-refractivity contribution in [3.05, 3.63) is 146 Å². The zero-order valence-corrected chi connectivity index (χ0v) is 49.0. The maximum Gasteiger partial charge on any atom is 0.306 e. The van der Waals surface area contributed by atoms with E-state index in [1.807, 2.05) is 0 Å². The molecule has 1 atom stereocenters. The van der Waals surface area contributed by atoms with Crippen molar-refractivity contribution < 1.29 is 28.6 Å². The van der Waals surface area contributed by atoms with Gasteiger partial charge in [-0.3, -0.25) is 14.4 Å². The van der Waals surface area contributed by atoms with Crippen molar-refractivity contribution in [2.75, 3.05) is 13.2 Å². The van der Waals surface area contributed by atoms with Gasteiger partial charge >= 0.3 is 17.9 Å². The molecule has 0 N–H and O–H groups in total. The SMILES string of the molecule is CC/C=C\C/C=C\C/C=C\C/C=C\C/C=C\C/C=C\C/C=C\C/C=C\CCCCCCC(=O)OCC(COC(=O)CCCCC/C=C\C/C=C\C/C=C\CC)OC(=O)CCCCCCC/C=C\CCCCCCCCC. The molecule has 76 heavy (non-hydrogen) atoms. The van der Waals surface area contributed by atoms with Gasteiger partial charge in [-0.1, -0.05) is 244 Å². The van der Waals surface area contributed by atoms with Gasteiger partial charge in [0.15, 0.2) is 6.10 Å². The fourth-order valence-electron chi connectivity index (χ4n) is 8.00. The van der Waals surface area contributed by atoms with E-state index in [0.29, 0.717) is 19.3 Å². The van der Waals surface area contributed by atoms with Crippen LogP contribution in [0.15, 0.2) is 146 Å². The lowest BCUT2D eigenvalue weighted by Gasteiger charge is -2.18. The van der Waals surface area contributed by atoms with Crippen LogP contribution in [0.5, 0.6) is 0 Å². The van der Waals surface area contributed by atoms with Gasteiger partial charge in [-0.25, -0.2) is 0 Å². The average molecular weight is 1050 g/mol. The van der Waals surface area contributed by atoms with Crippen LogP contribution in [-0.2, 0) is 28.6 Å². The van der Waals surface area contributed by atoms with Crippen LogP contribution in [0.1, 0.15) is 258 Å². The third-order valence-electron chi connectivity index (χ3n) is 12.6. The first-order valence-corrected chi connectivity index (χ1v) is 30.8. The molecule has 0 aromatic rings. The van der Waals surface area contributed by atoms with Crippen LogP contribution in [0.3, 0.4) is 0 Å². The van der Waals surface area contributed by atoms with E-state index in [1.54, 1.807) is 0 Å². The number of allylic oxidation sites excluding steroid dienone is 24. The maximum absolute atomic E-state index is 12.9. The van der Waals surface area contributed by atoms with Crippen LogP contribution >= 0.6 is 0 Å². The molecule has 0 aliphatic carbocycles. The van der Waals surface area contributed by atoms with Crippen molar-refractivity contribution in [2.45, 2.75) is 264 Å². The van der Waals surface area contributed by atoms with E-state index in [0.717, 1.165) is 161 Å². The van der Waals surface area contributed by atoms with Crippen LogP contribution in [-0.4, -0.2) is 37.2 Å². The number of ether oxygens (including phenoxy) is 3. The summed E-state index contributed by atoms with van der Waals surface area (Å²) < 4.78 is 16.8. The van der Waals surface area contributed by atoms with Gasteiger partial charge in [0.1, 0.15) is 13.2 Å². The smallest absolute Gasteiger partial charge is 0.306 e. The van der Waals surface area contributed by atoms with Crippen molar-refractivity contribution in [1.82, 2.24) is 0 Å². The van der Waals surface area contributed by atoms with Crippen LogP contribution < -0.4 is 0 Å². The normalized spacial score (nSPS) is 13.1. The molecule has 6 nitrogen and oxygen atoms in total. The minimum Gasteiger partial charge on any atom is -0.462 e. The molecule has 0 aliphatic heterocycles. The Morgan fingerprint density at radius 2 is 0.513 bits per heavy atom. The van der Waals surface area contributed by atoms with Crippen molar-refractivity contribution in [2.24, 2.45) is 0 Å². The molecule has 0 radical (unpaired) electrons. The van der Waals surface area contributed by atoms with Crippen molar-refractivity contribution >= 4 is 17.9 Å². The molecule has 0 bridgehead atoms. The van der Waals surface area contributed by atoms with E-state index in [1.165, 1.54) is 57.8 Å². The fourth-order valence-corrected chi connectivity index (χ4v) is 8.00. The molecular formula is C70H112O6. The Kier molecular flexibility index (Phi) is 58.9. The predicted octanol–water partition coefficient (Wildman–Crippen LogP) is 21.2. The third-order valence-corrected chi connectivity index (χ3v) is 12.6. The van der Waals surface area contributed by atoms with Gasteiger partial charge in [0.05, 0.1) is 0 Å². The number of carbonyl (C=O) groups is 3. The number of esters is 3. The third kappa shape index (κ3) is 60.2. The lowest BCUT2D eigenvalue weighted by Crippen LogP contribution is -2.30. The van der Waals surface area contributed by atoms with Gasteiger partial charge in [-0.2, -0.15) is 0 Å². The number of hydrogen-bond donors (Lipinski definition) is 0. The van der Waals surface area contributed by atoms with Gasteiger partial charge in [-0.15, -0.1) is 0 Å². The summed E-state index contributed by atoms with van der Waals surface area (Å²) in [5.74, 6) is -0.973. The minimum absolute atomic E-state index is 0.109. The maximum atomic E-state index is 12.9. The lowest BCUT2D eigenvalue weighted by molar-refractivity contribution is -0.167. The summed E-state index contributed by atoms with van der Waals surface area (Å²) in [4.78, 5) is 38.2. The largest absolute Gasteiger partial charge is 0.462 e. The fraction of sp³-hybridized carbons (Fsp3) is 0.614. The Morgan fingerprint density at radius 1 is 0.276 bits per heavy atom. The van der Waals surface area contributed by atoms with Gasteiger partial charge in [0.2, 0.25) is 0 Å². The average Bonchev–Trinajstić information content (AvgIpc) is 3.42. The second-order valence-corrected chi connectivity index (χ2v) is 19.8. The molecule has 0 fully saturated rings. The molecule has 0 aliphatic rings. The van der Waals surface area contributed by atoms with Crippen LogP contribution in [0.2, 0.25) is 0 Å². The Morgan fingerprint density at radius 3 is 0.829 bits per heavy atom. The first-order valence-electron chi connectivity index (χ1n) is 30.8. The Hall–Kier alpha value is -4.71. The summed E-state index contributed by atoms with van der Waals surface area (Å²) in [5.41, 5.74) is 0. The second kappa shape index (κ2) is 62.8. The summed E-state index contributed by atoms with van der Waals surface area (Å²) in [7, 11) is 0. The number of hydrogen-bond acceptors (Lipinski definition) is 6. The molecule has 0 heterocycles. The van der Waals surface area contributed by atoms with Crippen molar-refractivity contribution in [3.63, 3.8) is 0 Å².